The second-order valence-corrected chi connectivity index (χ2v) is 7.72. The quantitative estimate of drug-likeness (QED) is 0.729. The van der Waals surface area contributed by atoms with Crippen LogP contribution in [-0.4, -0.2) is 10.7 Å². The summed E-state index contributed by atoms with van der Waals surface area (Å²) in [5, 5.41) is 11.4. The predicted molar refractivity (Wildman–Crippen MR) is 70.7 cm³/mol. The van der Waals surface area contributed by atoms with Gasteiger partial charge in [0.1, 0.15) is 0 Å². The SMILES string of the molecule is CC1CCCC(O)(C2CC3CCC2C3)C1(C)C. The van der Waals surface area contributed by atoms with Crippen molar-refractivity contribution in [1.82, 2.24) is 0 Å². The van der Waals surface area contributed by atoms with Crippen LogP contribution >= 0.6 is 0 Å². The largest absolute Gasteiger partial charge is 0.389 e. The number of aliphatic hydroxyl groups is 1. The molecule has 3 saturated carbocycles. The van der Waals surface area contributed by atoms with Crippen LogP contribution in [0.25, 0.3) is 0 Å². The fourth-order valence-corrected chi connectivity index (χ4v) is 5.28. The van der Waals surface area contributed by atoms with E-state index in [1.165, 1.54) is 38.5 Å². The van der Waals surface area contributed by atoms with E-state index in [0.717, 1.165) is 18.3 Å². The van der Waals surface area contributed by atoms with Crippen molar-refractivity contribution < 1.29 is 5.11 Å². The molecular formula is C16H28O. The molecule has 98 valence electrons. The van der Waals surface area contributed by atoms with Crippen molar-refractivity contribution in [3.8, 4) is 0 Å². The first-order valence-electron chi connectivity index (χ1n) is 7.67. The molecule has 0 saturated heterocycles. The monoisotopic (exact) mass is 236 g/mol. The van der Waals surface area contributed by atoms with Gasteiger partial charge >= 0.3 is 0 Å². The van der Waals surface area contributed by atoms with Gasteiger partial charge in [-0.05, 0) is 61.2 Å². The Labute approximate surface area is 106 Å². The topological polar surface area (TPSA) is 20.2 Å². The van der Waals surface area contributed by atoms with Crippen molar-refractivity contribution in [2.75, 3.05) is 0 Å². The predicted octanol–water partition coefficient (Wildman–Crippen LogP) is 4.00. The zero-order valence-electron chi connectivity index (χ0n) is 11.7. The molecule has 1 N–H and O–H groups in total. The van der Waals surface area contributed by atoms with Crippen LogP contribution in [0.4, 0.5) is 0 Å². The number of rotatable bonds is 1. The van der Waals surface area contributed by atoms with E-state index in [4.69, 9.17) is 0 Å². The summed E-state index contributed by atoms with van der Waals surface area (Å²) in [7, 11) is 0. The maximum absolute atomic E-state index is 11.4. The third-order valence-electron chi connectivity index (χ3n) is 6.89. The van der Waals surface area contributed by atoms with E-state index >= 15 is 0 Å². The molecule has 3 rings (SSSR count). The summed E-state index contributed by atoms with van der Waals surface area (Å²) in [4.78, 5) is 0. The molecule has 2 bridgehead atoms. The molecule has 3 aliphatic rings. The Bertz CT molecular complexity index is 309. The fourth-order valence-electron chi connectivity index (χ4n) is 5.28. The molecule has 5 unspecified atom stereocenters. The first-order chi connectivity index (χ1) is 7.95. The van der Waals surface area contributed by atoms with E-state index < -0.39 is 0 Å². The first kappa shape index (κ1) is 12.0. The molecule has 1 nitrogen and oxygen atoms in total. The van der Waals surface area contributed by atoms with Gasteiger partial charge in [-0.15, -0.1) is 0 Å². The molecular weight excluding hydrogens is 208 g/mol. The second-order valence-electron chi connectivity index (χ2n) is 7.72. The standard InChI is InChI=1S/C16H28O/c1-11-5-4-8-16(17,15(11,2)3)14-10-12-6-7-13(14)9-12/h11-14,17H,4-10H2,1-3H3. The van der Waals surface area contributed by atoms with Crippen LogP contribution in [0.1, 0.15) is 65.7 Å². The maximum Gasteiger partial charge on any atom is 0.0731 e. The maximum atomic E-state index is 11.4. The first-order valence-corrected chi connectivity index (χ1v) is 7.67. The van der Waals surface area contributed by atoms with Crippen LogP contribution in [0, 0.1) is 29.1 Å². The zero-order valence-corrected chi connectivity index (χ0v) is 11.7. The van der Waals surface area contributed by atoms with Gasteiger partial charge in [-0.2, -0.15) is 0 Å². The lowest BCUT2D eigenvalue weighted by Gasteiger charge is -2.55. The van der Waals surface area contributed by atoms with Crippen molar-refractivity contribution in [2.45, 2.75) is 71.3 Å². The van der Waals surface area contributed by atoms with E-state index in [-0.39, 0.29) is 11.0 Å². The van der Waals surface area contributed by atoms with Gasteiger partial charge in [0.25, 0.3) is 0 Å². The smallest absolute Gasteiger partial charge is 0.0731 e. The van der Waals surface area contributed by atoms with E-state index in [9.17, 15) is 5.11 Å². The van der Waals surface area contributed by atoms with Gasteiger partial charge in [-0.25, -0.2) is 0 Å². The molecule has 0 radical (unpaired) electrons. The van der Waals surface area contributed by atoms with Gasteiger partial charge in [0.15, 0.2) is 0 Å². The minimum absolute atomic E-state index is 0.112. The van der Waals surface area contributed by atoms with Gasteiger partial charge in [0.05, 0.1) is 5.60 Å². The summed E-state index contributed by atoms with van der Waals surface area (Å²) >= 11 is 0. The minimum atomic E-state index is -0.371. The van der Waals surface area contributed by atoms with E-state index in [1.807, 2.05) is 0 Å². The van der Waals surface area contributed by atoms with Crippen LogP contribution < -0.4 is 0 Å². The Balaban J connectivity index is 1.89. The van der Waals surface area contributed by atoms with E-state index in [0.29, 0.717) is 11.8 Å². The highest BCUT2D eigenvalue weighted by molar-refractivity contribution is 5.08. The third kappa shape index (κ3) is 1.54. The van der Waals surface area contributed by atoms with Gasteiger partial charge in [0.2, 0.25) is 0 Å². The summed E-state index contributed by atoms with van der Waals surface area (Å²) in [6, 6.07) is 0. The van der Waals surface area contributed by atoms with Crippen molar-refractivity contribution in [3.63, 3.8) is 0 Å². The van der Waals surface area contributed by atoms with Gasteiger partial charge in [-0.1, -0.05) is 33.6 Å². The Morgan fingerprint density at radius 3 is 2.41 bits per heavy atom. The molecule has 0 spiro atoms. The van der Waals surface area contributed by atoms with E-state index in [1.54, 1.807) is 0 Å². The van der Waals surface area contributed by atoms with Gasteiger partial charge < -0.3 is 5.11 Å². The third-order valence-corrected chi connectivity index (χ3v) is 6.89. The Morgan fingerprint density at radius 1 is 1.06 bits per heavy atom. The summed E-state index contributed by atoms with van der Waals surface area (Å²) in [5.41, 5.74) is -0.259. The van der Waals surface area contributed by atoms with Crippen molar-refractivity contribution in [3.05, 3.63) is 0 Å². The minimum Gasteiger partial charge on any atom is -0.389 e. The average Bonchev–Trinajstić information content (AvgIpc) is 2.88. The molecule has 3 aliphatic carbocycles. The number of hydrogen-bond donors (Lipinski definition) is 1. The average molecular weight is 236 g/mol. The van der Waals surface area contributed by atoms with Crippen LogP contribution in [0.2, 0.25) is 0 Å². The number of hydrogen-bond acceptors (Lipinski definition) is 1. The summed E-state index contributed by atoms with van der Waals surface area (Å²) < 4.78 is 0. The van der Waals surface area contributed by atoms with Crippen molar-refractivity contribution in [1.29, 1.82) is 0 Å². The van der Waals surface area contributed by atoms with E-state index in [2.05, 4.69) is 20.8 Å². The highest BCUT2D eigenvalue weighted by Gasteiger charge is 2.58. The summed E-state index contributed by atoms with van der Waals surface area (Å²) in [6.45, 7) is 6.99. The Kier molecular flexibility index (Phi) is 2.63. The lowest BCUT2D eigenvalue weighted by molar-refractivity contribution is -0.171. The van der Waals surface area contributed by atoms with Crippen LogP contribution in [0.15, 0.2) is 0 Å². The Morgan fingerprint density at radius 2 is 1.82 bits per heavy atom. The van der Waals surface area contributed by atoms with Crippen LogP contribution in [0.3, 0.4) is 0 Å². The molecule has 0 aliphatic heterocycles. The molecule has 0 aromatic carbocycles. The highest BCUT2D eigenvalue weighted by Crippen LogP contribution is 2.60. The molecule has 5 atom stereocenters. The second kappa shape index (κ2) is 3.73. The van der Waals surface area contributed by atoms with Gasteiger partial charge in [0, 0.05) is 0 Å². The fraction of sp³-hybridized carbons (Fsp3) is 1.00. The van der Waals surface area contributed by atoms with Crippen LogP contribution in [0.5, 0.6) is 0 Å². The molecule has 1 heteroatoms. The lowest BCUT2D eigenvalue weighted by atomic mass is 9.54. The molecule has 0 aromatic rings. The molecule has 0 heterocycles. The summed E-state index contributed by atoms with van der Waals surface area (Å²) in [5.74, 6) is 3.07. The van der Waals surface area contributed by atoms with Gasteiger partial charge in [-0.3, -0.25) is 0 Å². The van der Waals surface area contributed by atoms with Crippen LogP contribution in [-0.2, 0) is 0 Å². The zero-order chi connectivity index (χ0) is 12.3. The molecule has 0 amide bonds. The normalized spacial score (nSPS) is 52.9. The Hall–Kier alpha value is -0.0400. The van der Waals surface area contributed by atoms with Crippen molar-refractivity contribution >= 4 is 0 Å². The molecule has 0 aromatic heterocycles. The summed E-state index contributed by atoms with van der Waals surface area (Å²) in [6.07, 6.45) is 9.15. The molecule has 17 heavy (non-hydrogen) atoms. The van der Waals surface area contributed by atoms with Crippen molar-refractivity contribution in [2.24, 2.45) is 29.1 Å². The molecule has 3 fully saturated rings. The highest BCUT2D eigenvalue weighted by atomic mass is 16.3. The number of fused-ring (bicyclic) bond motifs is 2. The lowest BCUT2D eigenvalue weighted by Crippen LogP contribution is -2.57.